The fraction of sp³-hybridized carbons (Fsp3) is 0.278. The monoisotopic (exact) mass is 371 g/mol. The molecule has 0 spiro atoms. The summed E-state index contributed by atoms with van der Waals surface area (Å²) in [7, 11) is 0. The number of unbranched alkanes of at least 4 members (excludes halogenated alkanes) is 1. The van der Waals surface area contributed by atoms with Crippen LogP contribution in [0.25, 0.3) is 0 Å². The topological polar surface area (TPSA) is 122 Å². The van der Waals surface area contributed by atoms with Crippen molar-refractivity contribution in [2.75, 3.05) is 0 Å². The number of phenolic OH excluding ortho intramolecular Hbond substituents is 1. The number of phenols is 1. The third-order valence-electron chi connectivity index (χ3n) is 4.25. The van der Waals surface area contributed by atoms with Crippen LogP contribution in [0.1, 0.15) is 41.0 Å². The molecule has 0 bridgehead atoms. The van der Waals surface area contributed by atoms with Gasteiger partial charge in [0.2, 0.25) is 5.88 Å². The number of nitriles is 1. The molecule has 1 aliphatic heterocycles. The SMILES string of the molecule is CCCCc1sc([C@@H]2C(C#N)=C(N)Oc3cc(O)ccc32)cc1[N+](=O)[O-]. The summed E-state index contributed by atoms with van der Waals surface area (Å²) in [5, 5.41) is 30.7. The Morgan fingerprint density at radius 3 is 2.88 bits per heavy atom. The minimum Gasteiger partial charge on any atom is -0.508 e. The molecule has 7 nitrogen and oxygen atoms in total. The van der Waals surface area contributed by atoms with Gasteiger partial charge in [-0.25, -0.2) is 0 Å². The minimum absolute atomic E-state index is 0.0107. The number of ether oxygens (including phenoxy) is 1. The fourth-order valence-corrected chi connectivity index (χ4v) is 4.29. The van der Waals surface area contributed by atoms with E-state index in [9.17, 15) is 20.5 Å². The third kappa shape index (κ3) is 3.09. The van der Waals surface area contributed by atoms with Crippen LogP contribution < -0.4 is 10.5 Å². The van der Waals surface area contributed by atoms with Gasteiger partial charge in [0.05, 0.1) is 15.7 Å². The zero-order valence-corrected chi connectivity index (χ0v) is 14.9. The molecule has 0 saturated carbocycles. The van der Waals surface area contributed by atoms with Gasteiger partial charge >= 0.3 is 0 Å². The molecule has 2 aromatic rings. The van der Waals surface area contributed by atoms with Crippen LogP contribution in [0.4, 0.5) is 5.69 Å². The standard InChI is InChI=1S/C18H17N3O4S/c1-2-3-4-15-13(21(23)24)8-16(26-15)17-11-6-5-10(22)7-14(11)25-18(20)12(17)9-19/h5-8,17,22H,2-4,20H2,1H3/t17-/m0/s1. The van der Waals surface area contributed by atoms with E-state index in [1.54, 1.807) is 6.07 Å². The molecule has 1 atom stereocenters. The summed E-state index contributed by atoms with van der Waals surface area (Å²) in [5.74, 6) is -0.251. The lowest BCUT2D eigenvalue weighted by Gasteiger charge is -2.25. The molecule has 0 radical (unpaired) electrons. The molecule has 0 amide bonds. The molecular formula is C18H17N3O4S. The van der Waals surface area contributed by atoms with Crippen LogP contribution in [0.3, 0.4) is 0 Å². The Labute approximate surface area is 154 Å². The Morgan fingerprint density at radius 1 is 1.46 bits per heavy atom. The van der Waals surface area contributed by atoms with Gasteiger partial charge in [0.25, 0.3) is 5.69 Å². The highest BCUT2D eigenvalue weighted by molar-refractivity contribution is 7.12. The van der Waals surface area contributed by atoms with E-state index in [1.165, 1.54) is 29.5 Å². The highest BCUT2D eigenvalue weighted by atomic mass is 32.1. The Hall–Kier alpha value is -3.05. The zero-order chi connectivity index (χ0) is 18.8. The van der Waals surface area contributed by atoms with Crippen LogP contribution in [0, 0.1) is 21.4 Å². The number of hydrogen-bond acceptors (Lipinski definition) is 7. The maximum atomic E-state index is 11.4. The normalized spacial score (nSPS) is 15.9. The first-order valence-corrected chi connectivity index (χ1v) is 8.95. The summed E-state index contributed by atoms with van der Waals surface area (Å²) in [6.07, 6.45) is 2.40. The maximum absolute atomic E-state index is 11.4. The van der Waals surface area contributed by atoms with E-state index in [0.29, 0.717) is 27.5 Å². The van der Waals surface area contributed by atoms with Gasteiger partial charge in [-0.3, -0.25) is 10.1 Å². The van der Waals surface area contributed by atoms with Gasteiger partial charge in [-0.1, -0.05) is 19.4 Å². The third-order valence-corrected chi connectivity index (χ3v) is 5.50. The average molecular weight is 371 g/mol. The lowest BCUT2D eigenvalue weighted by Crippen LogP contribution is -2.20. The van der Waals surface area contributed by atoms with Crippen molar-refractivity contribution in [1.82, 2.24) is 0 Å². The van der Waals surface area contributed by atoms with Gasteiger partial charge in [0.15, 0.2) is 0 Å². The summed E-state index contributed by atoms with van der Waals surface area (Å²) in [6.45, 7) is 2.03. The molecule has 0 unspecified atom stereocenters. The number of rotatable bonds is 5. The molecule has 134 valence electrons. The Morgan fingerprint density at radius 2 is 2.23 bits per heavy atom. The average Bonchev–Trinajstić information content (AvgIpc) is 3.02. The predicted octanol–water partition coefficient (Wildman–Crippen LogP) is 3.92. The number of fused-ring (bicyclic) bond motifs is 1. The first-order valence-electron chi connectivity index (χ1n) is 8.13. The number of benzene rings is 1. The summed E-state index contributed by atoms with van der Waals surface area (Å²) in [4.78, 5) is 12.4. The molecule has 3 N–H and O–H groups in total. The number of thiophene rings is 1. The molecular weight excluding hydrogens is 354 g/mol. The van der Waals surface area contributed by atoms with Crippen molar-refractivity contribution < 1.29 is 14.8 Å². The van der Waals surface area contributed by atoms with E-state index in [-0.39, 0.29) is 27.8 Å². The molecule has 3 rings (SSSR count). The second-order valence-corrected chi connectivity index (χ2v) is 7.13. The summed E-state index contributed by atoms with van der Waals surface area (Å²) in [5.41, 5.74) is 6.82. The van der Waals surface area contributed by atoms with Crippen molar-refractivity contribution in [3.63, 3.8) is 0 Å². The van der Waals surface area contributed by atoms with Gasteiger partial charge in [-0.15, -0.1) is 11.3 Å². The van der Waals surface area contributed by atoms with Crippen molar-refractivity contribution in [2.24, 2.45) is 5.73 Å². The number of nitro groups is 1. The number of allylic oxidation sites excluding steroid dienone is 1. The van der Waals surface area contributed by atoms with E-state index in [4.69, 9.17) is 10.5 Å². The summed E-state index contributed by atoms with van der Waals surface area (Å²) >= 11 is 1.32. The quantitative estimate of drug-likeness (QED) is 0.606. The van der Waals surface area contributed by atoms with Crippen LogP contribution in [0.15, 0.2) is 35.7 Å². The van der Waals surface area contributed by atoms with Crippen molar-refractivity contribution in [2.45, 2.75) is 32.1 Å². The van der Waals surface area contributed by atoms with Gasteiger partial charge in [0, 0.05) is 22.6 Å². The van der Waals surface area contributed by atoms with Gasteiger partial charge in [-0.2, -0.15) is 5.26 Å². The van der Waals surface area contributed by atoms with Crippen LogP contribution >= 0.6 is 11.3 Å². The highest BCUT2D eigenvalue weighted by Crippen LogP contribution is 2.47. The predicted molar refractivity (Wildman–Crippen MR) is 97.0 cm³/mol. The molecule has 8 heteroatoms. The second kappa shape index (κ2) is 7.06. The van der Waals surface area contributed by atoms with E-state index in [2.05, 4.69) is 6.07 Å². The summed E-state index contributed by atoms with van der Waals surface area (Å²) in [6, 6.07) is 8.14. The Balaban J connectivity index is 2.15. The number of hydrogen-bond donors (Lipinski definition) is 2. The molecule has 0 aliphatic carbocycles. The van der Waals surface area contributed by atoms with Crippen LogP contribution in [-0.2, 0) is 6.42 Å². The van der Waals surface area contributed by atoms with Crippen molar-refractivity contribution in [1.29, 1.82) is 5.26 Å². The molecule has 0 saturated heterocycles. The number of aromatic hydroxyl groups is 1. The van der Waals surface area contributed by atoms with Gasteiger partial charge in [-0.05, 0) is 18.9 Å². The summed E-state index contributed by atoms with van der Waals surface area (Å²) < 4.78 is 5.46. The molecule has 2 heterocycles. The van der Waals surface area contributed by atoms with Crippen molar-refractivity contribution in [3.8, 4) is 17.6 Å². The largest absolute Gasteiger partial charge is 0.508 e. The molecule has 1 aromatic carbocycles. The first kappa shape index (κ1) is 17.8. The maximum Gasteiger partial charge on any atom is 0.283 e. The Kier molecular flexibility index (Phi) is 4.82. The number of aryl methyl sites for hydroxylation is 1. The van der Waals surface area contributed by atoms with Gasteiger partial charge < -0.3 is 15.6 Å². The van der Waals surface area contributed by atoms with E-state index in [0.717, 1.165) is 12.8 Å². The number of nitrogens with two attached hydrogens (primary N) is 1. The minimum atomic E-state index is -0.552. The molecule has 1 aromatic heterocycles. The smallest absolute Gasteiger partial charge is 0.283 e. The molecule has 26 heavy (non-hydrogen) atoms. The highest BCUT2D eigenvalue weighted by Gasteiger charge is 2.34. The number of nitrogens with zero attached hydrogens (tertiary/aromatic N) is 2. The van der Waals surface area contributed by atoms with E-state index < -0.39 is 5.92 Å². The Bertz CT molecular complexity index is 942. The zero-order valence-electron chi connectivity index (χ0n) is 14.1. The van der Waals surface area contributed by atoms with Crippen molar-refractivity contribution >= 4 is 17.0 Å². The van der Waals surface area contributed by atoms with Gasteiger partial charge in [0.1, 0.15) is 23.1 Å². The second-order valence-electron chi connectivity index (χ2n) is 5.96. The lowest BCUT2D eigenvalue weighted by atomic mass is 9.88. The lowest BCUT2D eigenvalue weighted by molar-refractivity contribution is -0.385. The van der Waals surface area contributed by atoms with Crippen LogP contribution in [0.2, 0.25) is 0 Å². The first-order chi connectivity index (χ1) is 12.5. The fourth-order valence-electron chi connectivity index (χ4n) is 2.99. The van der Waals surface area contributed by atoms with E-state index >= 15 is 0 Å². The van der Waals surface area contributed by atoms with Crippen molar-refractivity contribution in [3.05, 3.63) is 61.2 Å². The molecule has 1 aliphatic rings. The molecule has 0 fully saturated rings. The van der Waals surface area contributed by atoms with Crippen LogP contribution in [-0.4, -0.2) is 10.0 Å². The van der Waals surface area contributed by atoms with Crippen LogP contribution in [0.5, 0.6) is 11.5 Å². The van der Waals surface area contributed by atoms with E-state index in [1.807, 2.05) is 6.92 Å².